The number of hydrogen-bond donors (Lipinski definition) is 0. The minimum absolute atomic E-state index is 0.632. The molecule has 0 saturated heterocycles. The molecule has 2 aromatic heterocycles. The first kappa shape index (κ1) is 15.4. The Hall–Kier alpha value is -2.47. The molecule has 0 saturated carbocycles. The maximum atomic E-state index is 5.73. The van der Waals surface area contributed by atoms with Crippen LogP contribution in [0.3, 0.4) is 0 Å². The Morgan fingerprint density at radius 2 is 2.04 bits per heavy atom. The average molecular weight is 311 g/mol. The molecule has 0 N–H and O–H groups in total. The summed E-state index contributed by atoms with van der Waals surface area (Å²) in [6.07, 6.45) is 2.48. The van der Waals surface area contributed by atoms with E-state index in [1.807, 2.05) is 38.2 Å². The molecular weight excluding hydrogens is 290 g/mol. The summed E-state index contributed by atoms with van der Waals surface area (Å²) < 4.78 is 7.49. The first-order valence-electron chi connectivity index (χ1n) is 7.74. The quantitative estimate of drug-likeness (QED) is 0.627. The average Bonchev–Trinajstić information content (AvgIpc) is 3.02. The van der Waals surface area contributed by atoms with E-state index in [0.717, 1.165) is 31.1 Å². The normalized spacial score (nSPS) is 11.0. The van der Waals surface area contributed by atoms with Crippen molar-refractivity contribution in [1.29, 1.82) is 0 Å². The Balaban J connectivity index is 1.51. The smallest absolute Gasteiger partial charge is 0.254 e. The Kier molecular flexibility index (Phi) is 4.83. The number of hydrogen-bond acceptors (Lipinski definition) is 5. The highest BCUT2D eigenvalue weighted by atomic mass is 16.5. The highest BCUT2D eigenvalue weighted by Crippen LogP contribution is 2.14. The lowest BCUT2D eigenvalue weighted by molar-refractivity contribution is 0.119. The van der Waals surface area contributed by atoms with Crippen LogP contribution in [0.2, 0.25) is 0 Å². The third-order valence-corrected chi connectivity index (χ3v) is 3.65. The van der Waals surface area contributed by atoms with Crippen LogP contribution in [0.1, 0.15) is 17.7 Å². The van der Waals surface area contributed by atoms with E-state index >= 15 is 0 Å². The highest BCUT2D eigenvalue weighted by Gasteiger charge is 2.09. The van der Waals surface area contributed by atoms with Crippen molar-refractivity contribution >= 4 is 11.6 Å². The summed E-state index contributed by atoms with van der Waals surface area (Å²) in [6, 6.07) is 12.2. The van der Waals surface area contributed by atoms with E-state index in [2.05, 4.69) is 32.1 Å². The van der Waals surface area contributed by atoms with Crippen molar-refractivity contribution in [3.8, 4) is 0 Å². The van der Waals surface area contributed by atoms with Crippen LogP contribution in [0.25, 0.3) is 5.78 Å². The van der Waals surface area contributed by atoms with Gasteiger partial charge in [0.1, 0.15) is 12.1 Å². The van der Waals surface area contributed by atoms with Gasteiger partial charge in [0.2, 0.25) is 0 Å². The van der Waals surface area contributed by atoms with Crippen LogP contribution in [-0.4, -0.2) is 39.8 Å². The van der Waals surface area contributed by atoms with Crippen LogP contribution in [0.15, 0.2) is 42.7 Å². The fourth-order valence-corrected chi connectivity index (χ4v) is 2.47. The van der Waals surface area contributed by atoms with Crippen molar-refractivity contribution in [2.75, 3.05) is 25.1 Å². The molecule has 120 valence electrons. The Morgan fingerprint density at radius 1 is 1.22 bits per heavy atom. The van der Waals surface area contributed by atoms with Gasteiger partial charge < -0.3 is 9.64 Å². The van der Waals surface area contributed by atoms with Gasteiger partial charge in [0.15, 0.2) is 0 Å². The van der Waals surface area contributed by atoms with E-state index in [-0.39, 0.29) is 0 Å². The van der Waals surface area contributed by atoms with Crippen molar-refractivity contribution in [2.24, 2.45) is 0 Å². The van der Waals surface area contributed by atoms with Gasteiger partial charge in [0.25, 0.3) is 5.78 Å². The first-order valence-corrected chi connectivity index (χ1v) is 7.74. The van der Waals surface area contributed by atoms with Crippen LogP contribution < -0.4 is 4.90 Å². The molecule has 0 amide bonds. The molecule has 0 unspecified atom stereocenters. The second kappa shape index (κ2) is 7.19. The number of nitrogens with zero attached hydrogens (tertiary/aromatic N) is 5. The van der Waals surface area contributed by atoms with Gasteiger partial charge in [-0.25, -0.2) is 4.98 Å². The number of ether oxygens (including phenoxy) is 1. The fourth-order valence-electron chi connectivity index (χ4n) is 2.47. The maximum absolute atomic E-state index is 5.73. The summed E-state index contributed by atoms with van der Waals surface area (Å²) in [4.78, 5) is 10.7. The number of rotatable bonds is 7. The van der Waals surface area contributed by atoms with Crippen molar-refractivity contribution in [3.63, 3.8) is 0 Å². The zero-order chi connectivity index (χ0) is 16.1. The molecule has 0 atom stereocenters. The molecular formula is C17H21N5O. The number of aryl methyl sites for hydroxylation is 1. The third kappa shape index (κ3) is 3.84. The molecule has 1 aromatic carbocycles. The van der Waals surface area contributed by atoms with E-state index < -0.39 is 0 Å². The summed E-state index contributed by atoms with van der Waals surface area (Å²) in [7, 11) is 2.05. The van der Waals surface area contributed by atoms with Crippen molar-refractivity contribution in [2.45, 2.75) is 20.0 Å². The van der Waals surface area contributed by atoms with Gasteiger partial charge in [-0.05, 0) is 18.9 Å². The molecule has 3 rings (SSSR count). The zero-order valence-electron chi connectivity index (χ0n) is 13.5. The second-order valence-corrected chi connectivity index (χ2v) is 5.54. The molecule has 0 fully saturated rings. The largest absolute Gasteiger partial charge is 0.377 e. The van der Waals surface area contributed by atoms with Crippen LogP contribution in [0, 0.1) is 6.92 Å². The van der Waals surface area contributed by atoms with E-state index in [1.165, 1.54) is 11.9 Å². The number of fused-ring (bicyclic) bond motifs is 1. The Morgan fingerprint density at radius 3 is 2.87 bits per heavy atom. The standard InChI is InChI=1S/C17H21N5O/c1-14-11-16(22-17(20-14)18-13-19-22)21(2)9-6-10-23-12-15-7-4-3-5-8-15/h3-5,7-8,11,13H,6,9-10,12H2,1-2H3. The molecule has 0 spiro atoms. The zero-order valence-corrected chi connectivity index (χ0v) is 13.5. The van der Waals surface area contributed by atoms with Crippen molar-refractivity contribution < 1.29 is 4.74 Å². The minimum Gasteiger partial charge on any atom is -0.377 e. The predicted octanol–water partition coefficient (Wildman–Crippen LogP) is 2.48. The van der Waals surface area contributed by atoms with Crippen LogP contribution >= 0.6 is 0 Å². The highest BCUT2D eigenvalue weighted by molar-refractivity contribution is 5.46. The maximum Gasteiger partial charge on any atom is 0.254 e. The van der Waals surface area contributed by atoms with Crippen LogP contribution in [0.5, 0.6) is 0 Å². The molecule has 0 radical (unpaired) electrons. The van der Waals surface area contributed by atoms with E-state index in [1.54, 1.807) is 4.52 Å². The van der Waals surface area contributed by atoms with Gasteiger partial charge in [-0.3, -0.25) is 0 Å². The lowest BCUT2D eigenvalue weighted by Crippen LogP contribution is -2.23. The molecule has 0 aliphatic rings. The van der Waals surface area contributed by atoms with Gasteiger partial charge in [-0.1, -0.05) is 30.3 Å². The molecule has 2 heterocycles. The summed E-state index contributed by atoms with van der Waals surface area (Å²) in [5.74, 6) is 1.63. The van der Waals surface area contributed by atoms with E-state index in [9.17, 15) is 0 Å². The molecule has 0 bridgehead atoms. The summed E-state index contributed by atoms with van der Waals surface area (Å²) >= 11 is 0. The van der Waals surface area contributed by atoms with Gasteiger partial charge >= 0.3 is 0 Å². The summed E-state index contributed by atoms with van der Waals surface area (Å²) in [5.41, 5.74) is 2.14. The Bertz CT molecular complexity index is 756. The summed E-state index contributed by atoms with van der Waals surface area (Å²) in [5, 5.41) is 4.24. The second-order valence-electron chi connectivity index (χ2n) is 5.54. The predicted molar refractivity (Wildman–Crippen MR) is 89.5 cm³/mol. The number of benzene rings is 1. The molecule has 0 aliphatic carbocycles. The van der Waals surface area contributed by atoms with Crippen molar-refractivity contribution in [1.82, 2.24) is 19.6 Å². The molecule has 23 heavy (non-hydrogen) atoms. The number of anilines is 1. The minimum atomic E-state index is 0.632. The topological polar surface area (TPSA) is 55.6 Å². The van der Waals surface area contributed by atoms with E-state index in [0.29, 0.717) is 12.4 Å². The third-order valence-electron chi connectivity index (χ3n) is 3.65. The first-order chi connectivity index (χ1) is 11.2. The Labute approximate surface area is 135 Å². The lowest BCUT2D eigenvalue weighted by atomic mass is 10.2. The monoisotopic (exact) mass is 311 g/mol. The lowest BCUT2D eigenvalue weighted by Gasteiger charge is -2.20. The van der Waals surface area contributed by atoms with Gasteiger partial charge in [0.05, 0.1) is 6.61 Å². The van der Waals surface area contributed by atoms with Crippen molar-refractivity contribution in [3.05, 3.63) is 54.0 Å². The molecule has 6 nitrogen and oxygen atoms in total. The van der Waals surface area contributed by atoms with E-state index in [4.69, 9.17) is 4.74 Å². The summed E-state index contributed by atoms with van der Waals surface area (Å²) in [6.45, 7) is 4.23. The van der Waals surface area contributed by atoms with Gasteiger partial charge in [0, 0.05) is 32.0 Å². The van der Waals surface area contributed by atoms with Crippen LogP contribution in [-0.2, 0) is 11.3 Å². The molecule has 0 aliphatic heterocycles. The van der Waals surface area contributed by atoms with Crippen LogP contribution in [0.4, 0.5) is 5.82 Å². The SMILES string of the molecule is Cc1cc(N(C)CCCOCc2ccccc2)n2ncnc2n1. The van der Waals surface area contributed by atoms with Gasteiger partial charge in [-0.15, -0.1) is 0 Å². The molecule has 6 heteroatoms. The van der Waals surface area contributed by atoms with Gasteiger partial charge in [-0.2, -0.15) is 14.6 Å². The molecule has 3 aromatic rings. The fraction of sp³-hybridized carbons (Fsp3) is 0.353. The number of aromatic nitrogens is 4.